The number of rotatable bonds is 4. The third-order valence-corrected chi connectivity index (χ3v) is 3.38. The van der Waals surface area contributed by atoms with Gasteiger partial charge in [-0.25, -0.2) is 18.6 Å². The zero-order valence-electron chi connectivity index (χ0n) is 12.1. The van der Waals surface area contributed by atoms with E-state index in [1.165, 1.54) is 24.3 Å². The lowest BCUT2D eigenvalue weighted by atomic mass is 10.1. The molecule has 0 saturated heterocycles. The topological polar surface area (TPSA) is 38.7 Å². The van der Waals surface area contributed by atoms with Gasteiger partial charge in [-0.3, -0.25) is 0 Å². The largest absolute Gasteiger partial charge is 0.407 e. The van der Waals surface area contributed by atoms with Crippen LogP contribution in [0.25, 0.3) is 6.08 Å². The summed E-state index contributed by atoms with van der Waals surface area (Å²) in [6.07, 6.45) is 2.22. The molecule has 116 valence electrons. The molecule has 1 aliphatic rings. The summed E-state index contributed by atoms with van der Waals surface area (Å²) in [5, 5.41) is 0. The van der Waals surface area contributed by atoms with Gasteiger partial charge in [0.25, 0.3) is 0 Å². The molecule has 1 aliphatic heterocycles. The summed E-state index contributed by atoms with van der Waals surface area (Å²) in [5.74, 6) is -1.10. The average molecular weight is 313 g/mol. The fraction of sp³-hybridized carbons (Fsp3) is 0.111. The van der Waals surface area contributed by atoms with Gasteiger partial charge in [-0.1, -0.05) is 30.3 Å². The van der Waals surface area contributed by atoms with E-state index in [4.69, 9.17) is 4.74 Å². The summed E-state index contributed by atoms with van der Waals surface area (Å²) in [6, 6.07) is 12.3. The minimum Gasteiger partial charge on any atom is -0.407 e. The minimum absolute atomic E-state index is 0.0596. The summed E-state index contributed by atoms with van der Waals surface area (Å²) >= 11 is 0. The molecule has 3 nitrogen and oxygen atoms in total. The maximum atomic E-state index is 13.6. The van der Waals surface area contributed by atoms with E-state index in [9.17, 15) is 13.6 Å². The Kier molecular flexibility index (Phi) is 4.28. The highest BCUT2D eigenvalue weighted by atomic mass is 19.1. The molecule has 0 bridgehead atoms. The number of nitrogens with zero attached hydrogens (tertiary/aromatic N) is 1. The zero-order chi connectivity index (χ0) is 16.2. The minimum atomic E-state index is -0.609. The average Bonchev–Trinajstić information content (AvgIpc) is 2.88. The molecule has 0 aromatic heterocycles. The smallest absolute Gasteiger partial charge is 0.363 e. The van der Waals surface area contributed by atoms with Crippen LogP contribution in [0.15, 0.2) is 59.2 Å². The Morgan fingerprint density at radius 1 is 1.04 bits per heavy atom. The highest BCUT2D eigenvalue weighted by molar-refractivity contribution is 6.07. The Morgan fingerprint density at radius 3 is 2.65 bits per heavy atom. The molecule has 2 aromatic rings. The Morgan fingerprint density at radius 2 is 1.87 bits per heavy atom. The van der Waals surface area contributed by atoms with Crippen molar-refractivity contribution in [1.82, 2.24) is 0 Å². The second kappa shape index (κ2) is 6.52. The van der Waals surface area contributed by atoms with E-state index in [2.05, 4.69) is 4.99 Å². The monoisotopic (exact) mass is 313 g/mol. The van der Waals surface area contributed by atoms with Crippen molar-refractivity contribution in [2.45, 2.75) is 12.8 Å². The first-order valence-electron chi connectivity index (χ1n) is 7.12. The molecule has 0 fully saturated rings. The van der Waals surface area contributed by atoms with Gasteiger partial charge in [-0.15, -0.1) is 0 Å². The van der Waals surface area contributed by atoms with Crippen LogP contribution < -0.4 is 0 Å². The van der Waals surface area contributed by atoms with Crippen LogP contribution in [0.4, 0.5) is 8.78 Å². The predicted molar refractivity (Wildman–Crippen MR) is 82.6 cm³/mol. The Balaban J connectivity index is 1.73. The summed E-state index contributed by atoms with van der Waals surface area (Å²) in [5.41, 5.74) is 1.12. The van der Waals surface area contributed by atoms with Gasteiger partial charge in [0.05, 0.1) is 0 Å². The van der Waals surface area contributed by atoms with Crippen LogP contribution in [0.2, 0.25) is 0 Å². The highest BCUT2D eigenvalue weighted by Gasteiger charge is 2.23. The lowest BCUT2D eigenvalue weighted by Gasteiger charge is -2.00. The fourth-order valence-electron chi connectivity index (χ4n) is 2.24. The summed E-state index contributed by atoms with van der Waals surface area (Å²) in [6.45, 7) is 0. The molecule has 0 radical (unpaired) electrons. The van der Waals surface area contributed by atoms with Gasteiger partial charge in [-0.05, 0) is 36.3 Å². The molecule has 0 spiro atoms. The van der Waals surface area contributed by atoms with Crippen molar-refractivity contribution in [3.8, 4) is 0 Å². The molecule has 3 rings (SSSR count). The molecule has 2 aromatic carbocycles. The van der Waals surface area contributed by atoms with Crippen molar-refractivity contribution in [2.75, 3.05) is 0 Å². The molecule has 0 unspecified atom stereocenters. The highest BCUT2D eigenvalue weighted by Crippen LogP contribution is 2.19. The Labute approximate surface area is 131 Å². The number of hydrogen-bond donors (Lipinski definition) is 0. The first kappa shape index (κ1) is 15.1. The van der Waals surface area contributed by atoms with Crippen molar-refractivity contribution >= 4 is 17.9 Å². The molecule has 0 aliphatic carbocycles. The lowest BCUT2D eigenvalue weighted by molar-refractivity contribution is -0.130. The van der Waals surface area contributed by atoms with E-state index in [1.807, 2.05) is 0 Å². The number of esters is 1. The number of cyclic esters (lactones) is 1. The van der Waals surface area contributed by atoms with E-state index >= 15 is 0 Å². The number of halogens is 2. The van der Waals surface area contributed by atoms with Crippen molar-refractivity contribution in [1.29, 1.82) is 0 Å². The van der Waals surface area contributed by atoms with Crippen molar-refractivity contribution in [3.05, 3.63) is 77.0 Å². The molecule has 0 amide bonds. The fourth-order valence-corrected chi connectivity index (χ4v) is 2.24. The van der Waals surface area contributed by atoms with Crippen molar-refractivity contribution in [3.63, 3.8) is 0 Å². The van der Waals surface area contributed by atoms with E-state index in [1.54, 1.807) is 30.3 Å². The maximum Gasteiger partial charge on any atom is 0.363 e. The quantitative estimate of drug-likeness (QED) is 0.634. The Bertz CT molecular complexity index is 812. The van der Waals surface area contributed by atoms with Crippen LogP contribution >= 0.6 is 0 Å². The predicted octanol–water partition coefficient (Wildman–Crippen LogP) is 3.89. The molecular formula is C18H13F2NO2. The maximum absolute atomic E-state index is 13.6. The first-order chi connectivity index (χ1) is 11.1. The summed E-state index contributed by atoms with van der Waals surface area (Å²) in [7, 11) is 0. The van der Waals surface area contributed by atoms with Crippen LogP contribution in [0.3, 0.4) is 0 Å². The zero-order valence-corrected chi connectivity index (χ0v) is 12.1. The van der Waals surface area contributed by atoms with Gasteiger partial charge < -0.3 is 4.74 Å². The standard InChI is InChI=1S/C18H13F2NO2/c19-14-6-3-4-12(10-14)8-9-17-21-16(18(22)23-17)11-13-5-1-2-7-15(13)20/h1-7,10-11H,8-9H2/b16-11-. The normalized spacial score (nSPS) is 15.7. The van der Waals surface area contributed by atoms with Crippen LogP contribution in [0.1, 0.15) is 17.5 Å². The number of aliphatic imine (C=N–C) groups is 1. The number of aryl methyl sites for hydroxylation is 1. The van der Waals surface area contributed by atoms with E-state index in [0.29, 0.717) is 12.8 Å². The third kappa shape index (κ3) is 3.69. The van der Waals surface area contributed by atoms with E-state index < -0.39 is 11.8 Å². The van der Waals surface area contributed by atoms with Gasteiger partial charge in [0.1, 0.15) is 11.6 Å². The molecular weight excluding hydrogens is 300 g/mol. The van der Waals surface area contributed by atoms with Crippen LogP contribution in [-0.2, 0) is 16.0 Å². The summed E-state index contributed by atoms with van der Waals surface area (Å²) < 4.78 is 31.8. The second-order valence-corrected chi connectivity index (χ2v) is 5.08. The molecule has 0 saturated carbocycles. The van der Waals surface area contributed by atoms with Crippen LogP contribution in [0, 0.1) is 11.6 Å². The summed E-state index contributed by atoms with van der Waals surface area (Å²) in [4.78, 5) is 15.9. The molecule has 0 atom stereocenters. The van der Waals surface area contributed by atoms with Gasteiger partial charge >= 0.3 is 5.97 Å². The van der Waals surface area contributed by atoms with Crippen LogP contribution in [0.5, 0.6) is 0 Å². The number of benzene rings is 2. The molecule has 0 N–H and O–H groups in total. The van der Waals surface area contributed by atoms with Crippen molar-refractivity contribution < 1.29 is 18.3 Å². The lowest BCUT2D eigenvalue weighted by Crippen LogP contribution is -2.05. The molecule has 1 heterocycles. The van der Waals surface area contributed by atoms with E-state index in [0.717, 1.165) is 5.56 Å². The third-order valence-electron chi connectivity index (χ3n) is 3.38. The number of ether oxygens (including phenoxy) is 1. The van der Waals surface area contributed by atoms with Gasteiger partial charge in [0.15, 0.2) is 11.6 Å². The molecule has 5 heteroatoms. The van der Waals surface area contributed by atoms with Crippen molar-refractivity contribution in [2.24, 2.45) is 4.99 Å². The number of carbonyl (C=O) groups excluding carboxylic acids is 1. The van der Waals surface area contributed by atoms with Crippen LogP contribution in [-0.4, -0.2) is 11.9 Å². The second-order valence-electron chi connectivity index (χ2n) is 5.08. The number of hydrogen-bond acceptors (Lipinski definition) is 3. The molecule has 23 heavy (non-hydrogen) atoms. The van der Waals surface area contributed by atoms with Gasteiger partial charge in [0, 0.05) is 12.0 Å². The van der Waals surface area contributed by atoms with Gasteiger partial charge in [0.2, 0.25) is 0 Å². The SMILES string of the molecule is O=C1OC(CCc2cccc(F)c2)=N/C1=C\c1ccccc1F. The Hall–Kier alpha value is -2.82. The number of carbonyl (C=O) groups is 1. The first-order valence-corrected chi connectivity index (χ1v) is 7.12. The van der Waals surface area contributed by atoms with Gasteiger partial charge in [-0.2, -0.15) is 0 Å². The van der Waals surface area contributed by atoms with E-state index in [-0.39, 0.29) is 23.0 Å².